The van der Waals surface area contributed by atoms with E-state index in [4.69, 9.17) is 0 Å². The molecule has 128 valence electrons. The lowest BCUT2D eigenvalue weighted by Crippen LogP contribution is -2.50. The van der Waals surface area contributed by atoms with Gasteiger partial charge in [0.15, 0.2) is 11.5 Å². The normalized spacial score (nSPS) is 55.7. The number of alkyl halides is 1. The Bertz CT molecular complexity index is 576. The predicted octanol–water partition coefficient (Wildman–Crippen LogP) is 5.49. The zero-order valence-electron chi connectivity index (χ0n) is 15.1. The van der Waals surface area contributed by atoms with Gasteiger partial charge in [0.25, 0.3) is 0 Å². The Morgan fingerprint density at radius 2 is 1.78 bits per heavy atom. The molecule has 0 aromatic heterocycles. The molecule has 7 atom stereocenters. The van der Waals surface area contributed by atoms with Crippen LogP contribution in [0.25, 0.3) is 0 Å². The number of allylic oxidation sites excluding steroid dienone is 2. The SMILES string of the molecule is C[C@H]1CC[C@@]2(C)C(=CC[C@@H]3[C@@H]2CC[C@]2(C)C(=O)[C@](C)(F)C[C@@H]32)C1. The summed E-state index contributed by atoms with van der Waals surface area (Å²) < 4.78 is 14.8. The Balaban J connectivity index is 1.71. The van der Waals surface area contributed by atoms with E-state index in [9.17, 15) is 9.18 Å². The molecule has 3 saturated carbocycles. The molecular formula is C21H31FO. The summed E-state index contributed by atoms with van der Waals surface area (Å²) in [5.74, 6) is 2.12. The number of fused-ring (bicyclic) bond motifs is 5. The van der Waals surface area contributed by atoms with Crippen LogP contribution in [0.15, 0.2) is 11.6 Å². The van der Waals surface area contributed by atoms with Gasteiger partial charge in [0.05, 0.1) is 0 Å². The molecule has 4 rings (SSSR count). The van der Waals surface area contributed by atoms with Crippen LogP contribution in [0.5, 0.6) is 0 Å². The topological polar surface area (TPSA) is 17.1 Å². The molecule has 0 bridgehead atoms. The first-order valence-corrected chi connectivity index (χ1v) is 9.62. The van der Waals surface area contributed by atoms with Crippen molar-refractivity contribution in [2.45, 2.75) is 78.3 Å². The summed E-state index contributed by atoms with van der Waals surface area (Å²) in [6.45, 7) is 8.43. The number of ketones is 1. The van der Waals surface area contributed by atoms with E-state index < -0.39 is 11.1 Å². The van der Waals surface area contributed by atoms with Crippen LogP contribution in [-0.2, 0) is 4.79 Å². The van der Waals surface area contributed by atoms with Crippen LogP contribution in [-0.4, -0.2) is 11.5 Å². The molecule has 0 aromatic carbocycles. The summed E-state index contributed by atoms with van der Waals surface area (Å²) in [6, 6.07) is 0. The fourth-order valence-corrected chi connectivity index (χ4v) is 6.92. The van der Waals surface area contributed by atoms with Crippen molar-refractivity contribution in [1.29, 1.82) is 0 Å². The van der Waals surface area contributed by atoms with Gasteiger partial charge < -0.3 is 0 Å². The summed E-state index contributed by atoms with van der Waals surface area (Å²) >= 11 is 0. The molecule has 23 heavy (non-hydrogen) atoms. The molecule has 0 heterocycles. The molecule has 0 spiro atoms. The molecule has 0 saturated heterocycles. The molecule has 0 aromatic rings. The average molecular weight is 318 g/mol. The van der Waals surface area contributed by atoms with E-state index in [0.29, 0.717) is 23.7 Å². The standard InChI is InChI=1S/C21H31FO/c1-13-7-9-19(2)14(11-13)5-6-15-16(19)8-10-20(3)17(15)12-21(4,22)18(20)23/h5,13,15-17H,6-12H2,1-4H3/t13-,15+,16-,17-,19-,20-,21+/m0/s1. The largest absolute Gasteiger partial charge is 0.295 e. The van der Waals surface area contributed by atoms with Crippen molar-refractivity contribution in [2.75, 3.05) is 0 Å². The number of halogens is 1. The highest BCUT2D eigenvalue weighted by Gasteiger charge is 2.64. The van der Waals surface area contributed by atoms with Gasteiger partial charge in [-0.25, -0.2) is 4.39 Å². The van der Waals surface area contributed by atoms with Crippen molar-refractivity contribution in [1.82, 2.24) is 0 Å². The summed E-state index contributed by atoms with van der Waals surface area (Å²) in [5.41, 5.74) is -0.0163. The Kier molecular flexibility index (Phi) is 3.24. The molecule has 0 radical (unpaired) electrons. The maximum Gasteiger partial charge on any atom is 0.175 e. The summed E-state index contributed by atoms with van der Waals surface area (Å²) in [4.78, 5) is 12.7. The number of Topliss-reactive ketones (excluding diaryl/α,β-unsaturated/α-hetero) is 1. The first-order valence-electron chi connectivity index (χ1n) is 9.62. The van der Waals surface area contributed by atoms with Gasteiger partial charge in [0.1, 0.15) is 0 Å². The number of rotatable bonds is 0. The monoisotopic (exact) mass is 318 g/mol. The Labute approximate surface area is 140 Å². The molecule has 0 unspecified atom stereocenters. The molecule has 0 amide bonds. The van der Waals surface area contributed by atoms with Gasteiger partial charge in [-0.15, -0.1) is 0 Å². The van der Waals surface area contributed by atoms with Crippen molar-refractivity contribution < 1.29 is 9.18 Å². The second kappa shape index (κ2) is 4.70. The second-order valence-corrected chi connectivity index (χ2v) is 9.79. The minimum Gasteiger partial charge on any atom is -0.295 e. The predicted molar refractivity (Wildman–Crippen MR) is 90.8 cm³/mol. The van der Waals surface area contributed by atoms with Crippen molar-refractivity contribution in [3.8, 4) is 0 Å². The van der Waals surface area contributed by atoms with Crippen molar-refractivity contribution >= 4 is 5.78 Å². The fourth-order valence-electron chi connectivity index (χ4n) is 6.92. The van der Waals surface area contributed by atoms with Crippen molar-refractivity contribution in [3.05, 3.63) is 11.6 Å². The zero-order valence-corrected chi connectivity index (χ0v) is 15.1. The minimum absolute atomic E-state index is 0.106. The van der Waals surface area contributed by atoms with Gasteiger partial charge in [-0.2, -0.15) is 0 Å². The maximum absolute atomic E-state index is 14.8. The highest BCUT2D eigenvalue weighted by Crippen LogP contribution is 2.65. The summed E-state index contributed by atoms with van der Waals surface area (Å²) in [5, 5.41) is 0. The lowest BCUT2D eigenvalue weighted by molar-refractivity contribution is -0.138. The van der Waals surface area contributed by atoms with Gasteiger partial charge in [-0.3, -0.25) is 4.79 Å². The third-order valence-electron chi connectivity index (χ3n) is 8.34. The van der Waals surface area contributed by atoms with E-state index in [1.165, 1.54) is 26.2 Å². The average Bonchev–Trinajstić information content (AvgIpc) is 2.68. The smallest absolute Gasteiger partial charge is 0.175 e. The van der Waals surface area contributed by atoms with E-state index in [1.54, 1.807) is 5.57 Å². The van der Waals surface area contributed by atoms with Gasteiger partial charge in [0, 0.05) is 5.41 Å². The minimum atomic E-state index is -1.60. The lowest BCUT2D eigenvalue weighted by Gasteiger charge is -2.56. The Morgan fingerprint density at radius 1 is 1.09 bits per heavy atom. The maximum atomic E-state index is 14.8. The highest BCUT2D eigenvalue weighted by atomic mass is 19.1. The first kappa shape index (κ1) is 15.8. The van der Waals surface area contributed by atoms with Gasteiger partial charge in [0.2, 0.25) is 0 Å². The van der Waals surface area contributed by atoms with Gasteiger partial charge in [-0.1, -0.05) is 32.4 Å². The van der Waals surface area contributed by atoms with Crippen LogP contribution in [0.4, 0.5) is 4.39 Å². The van der Waals surface area contributed by atoms with E-state index in [-0.39, 0.29) is 11.7 Å². The summed E-state index contributed by atoms with van der Waals surface area (Å²) in [7, 11) is 0. The van der Waals surface area contributed by atoms with E-state index in [1.807, 2.05) is 0 Å². The molecule has 0 N–H and O–H groups in total. The quantitative estimate of drug-likeness (QED) is 0.540. The molecule has 1 nitrogen and oxygen atoms in total. The van der Waals surface area contributed by atoms with Crippen LogP contribution in [0.2, 0.25) is 0 Å². The second-order valence-electron chi connectivity index (χ2n) is 9.79. The number of hydrogen-bond donors (Lipinski definition) is 0. The fraction of sp³-hybridized carbons (Fsp3) is 0.857. The molecule has 4 aliphatic rings. The molecule has 0 aliphatic heterocycles. The van der Waals surface area contributed by atoms with Crippen LogP contribution in [0.1, 0.15) is 72.6 Å². The van der Waals surface area contributed by atoms with Crippen molar-refractivity contribution in [2.24, 2.45) is 34.5 Å². The highest BCUT2D eigenvalue weighted by molar-refractivity contribution is 5.94. The van der Waals surface area contributed by atoms with Crippen LogP contribution < -0.4 is 0 Å². The first-order chi connectivity index (χ1) is 10.7. The zero-order chi connectivity index (χ0) is 16.6. The molecular weight excluding hydrogens is 287 g/mol. The molecule has 2 heteroatoms. The molecule has 4 aliphatic carbocycles. The lowest BCUT2D eigenvalue weighted by atomic mass is 9.47. The summed E-state index contributed by atoms with van der Waals surface area (Å²) in [6.07, 6.45) is 9.88. The number of carbonyl (C=O) groups excluding carboxylic acids is 1. The number of hydrogen-bond acceptors (Lipinski definition) is 1. The van der Waals surface area contributed by atoms with Gasteiger partial charge in [-0.05, 0) is 81.0 Å². The van der Waals surface area contributed by atoms with Crippen LogP contribution in [0, 0.1) is 34.5 Å². The Hall–Kier alpha value is -0.660. The van der Waals surface area contributed by atoms with Crippen LogP contribution >= 0.6 is 0 Å². The third-order valence-corrected chi connectivity index (χ3v) is 8.34. The van der Waals surface area contributed by atoms with Crippen molar-refractivity contribution in [3.63, 3.8) is 0 Å². The Morgan fingerprint density at radius 3 is 2.52 bits per heavy atom. The van der Waals surface area contributed by atoms with E-state index in [2.05, 4.69) is 26.8 Å². The van der Waals surface area contributed by atoms with Gasteiger partial charge >= 0.3 is 0 Å². The van der Waals surface area contributed by atoms with Crippen LogP contribution in [0.3, 0.4) is 0 Å². The van der Waals surface area contributed by atoms with E-state index in [0.717, 1.165) is 25.2 Å². The van der Waals surface area contributed by atoms with E-state index >= 15 is 0 Å². The third kappa shape index (κ3) is 1.99. The molecule has 3 fully saturated rings. The number of carbonyl (C=O) groups is 1.